The third-order valence-corrected chi connectivity index (χ3v) is 2.28. The minimum atomic E-state index is -1.38. The highest BCUT2D eigenvalue weighted by atomic mass is 16.5. The topological polar surface area (TPSA) is 92.5 Å². The maximum absolute atomic E-state index is 9.84. The summed E-state index contributed by atoms with van der Waals surface area (Å²) in [7, 11) is 0. The zero-order valence-corrected chi connectivity index (χ0v) is 8.40. The van der Waals surface area contributed by atoms with E-state index in [1.54, 1.807) is 6.07 Å². The van der Waals surface area contributed by atoms with Crippen LogP contribution < -0.4 is 5.73 Å². The summed E-state index contributed by atoms with van der Waals surface area (Å²) in [5.41, 5.74) is 4.29. The van der Waals surface area contributed by atoms with Crippen LogP contribution in [0.3, 0.4) is 0 Å². The van der Waals surface area contributed by atoms with Gasteiger partial charge in [-0.2, -0.15) is 0 Å². The van der Waals surface area contributed by atoms with E-state index in [1.807, 2.05) is 0 Å². The van der Waals surface area contributed by atoms with E-state index < -0.39 is 11.7 Å². The molecular formula is C9H16N2O3. The minimum absolute atomic E-state index is 0.330. The van der Waals surface area contributed by atoms with Gasteiger partial charge in [0.2, 0.25) is 0 Å². The normalized spacial score (nSPS) is 17.8. The first-order valence-corrected chi connectivity index (χ1v) is 4.55. The van der Waals surface area contributed by atoms with Crippen LogP contribution in [0, 0.1) is 0 Å². The second kappa shape index (κ2) is 4.08. The molecule has 0 aliphatic heterocycles. The molecule has 14 heavy (non-hydrogen) atoms. The Bertz CT molecular complexity index is 294. The van der Waals surface area contributed by atoms with Crippen molar-refractivity contribution in [2.45, 2.75) is 32.0 Å². The zero-order chi connectivity index (χ0) is 10.8. The van der Waals surface area contributed by atoms with E-state index in [4.69, 9.17) is 10.3 Å². The van der Waals surface area contributed by atoms with Crippen molar-refractivity contribution < 1.29 is 14.7 Å². The molecule has 2 unspecified atom stereocenters. The Morgan fingerprint density at radius 1 is 1.71 bits per heavy atom. The van der Waals surface area contributed by atoms with Crippen LogP contribution in [0.5, 0.6) is 0 Å². The van der Waals surface area contributed by atoms with E-state index in [0.29, 0.717) is 24.4 Å². The average Bonchev–Trinajstić information content (AvgIpc) is 2.53. The maximum atomic E-state index is 9.84. The molecule has 2 atom stereocenters. The van der Waals surface area contributed by atoms with Crippen LogP contribution in [0.15, 0.2) is 10.6 Å². The van der Waals surface area contributed by atoms with Crippen LogP contribution in [0.25, 0.3) is 0 Å². The number of nitrogens with two attached hydrogens (primary N) is 1. The van der Waals surface area contributed by atoms with Gasteiger partial charge in [-0.1, -0.05) is 5.16 Å². The van der Waals surface area contributed by atoms with Crippen LogP contribution in [0.1, 0.15) is 25.3 Å². The lowest BCUT2D eigenvalue weighted by Gasteiger charge is -2.23. The van der Waals surface area contributed by atoms with E-state index >= 15 is 0 Å². The van der Waals surface area contributed by atoms with E-state index in [-0.39, 0.29) is 0 Å². The van der Waals surface area contributed by atoms with Gasteiger partial charge in [-0.15, -0.1) is 0 Å². The molecule has 0 spiro atoms. The second-order valence-electron chi connectivity index (χ2n) is 3.54. The van der Waals surface area contributed by atoms with Gasteiger partial charge in [0.25, 0.3) is 0 Å². The van der Waals surface area contributed by atoms with Crippen molar-refractivity contribution in [3.8, 4) is 0 Å². The van der Waals surface area contributed by atoms with Gasteiger partial charge in [-0.3, -0.25) is 0 Å². The highest BCUT2D eigenvalue weighted by Crippen LogP contribution is 2.23. The molecule has 4 N–H and O–H groups in total. The lowest BCUT2D eigenvalue weighted by Crippen LogP contribution is -2.34. The van der Waals surface area contributed by atoms with Crippen molar-refractivity contribution in [1.29, 1.82) is 0 Å². The Hall–Kier alpha value is -0.910. The van der Waals surface area contributed by atoms with Gasteiger partial charge in [0.05, 0.1) is 6.10 Å². The predicted octanol–water partition coefficient (Wildman–Crippen LogP) is -0.236. The Morgan fingerprint density at radius 2 is 2.36 bits per heavy atom. The predicted molar refractivity (Wildman–Crippen MR) is 50.5 cm³/mol. The van der Waals surface area contributed by atoms with Crippen molar-refractivity contribution in [2.75, 3.05) is 6.54 Å². The van der Waals surface area contributed by atoms with Crippen molar-refractivity contribution in [3.63, 3.8) is 0 Å². The number of aromatic nitrogens is 1. The fraction of sp³-hybridized carbons (Fsp3) is 0.667. The molecule has 1 heterocycles. The summed E-state index contributed by atoms with van der Waals surface area (Å²) >= 11 is 0. The fourth-order valence-electron chi connectivity index (χ4n) is 1.03. The molecule has 1 aromatic rings. The minimum Gasteiger partial charge on any atom is -0.390 e. The molecule has 1 rings (SSSR count). The van der Waals surface area contributed by atoms with Gasteiger partial charge in [0.15, 0.2) is 0 Å². The SMILES string of the molecule is CC(O)C(C)(O)c1cc(CCN)on1. The van der Waals surface area contributed by atoms with Gasteiger partial charge in [0.1, 0.15) is 17.1 Å². The second-order valence-corrected chi connectivity index (χ2v) is 3.54. The Morgan fingerprint density at radius 3 is 2.86 bits per heavy atom. The first-order chi connectivity index (χ1) is 6.48. The summed E-state index contributed by atoms with van der Waals surface area (Å²) in [4.78, 5) is 0. The molecule has 0 radical (unpaired) electrons. The summed E-state index contributed by atoms with van der Waals surface area (Å²) in [6.07, 6.45) is -0.332. The van der Waals surface area contributed by atoms with E-state index in [1.165, 1.54) is 13.8 Å². The molecule has 0 amide bonds. The number of aliphatic hydroxyl groups excluding tert-OH is 1. The molecule has 0 aliphatic rings. The van der Waals surface area contributed by atoms with E-state index in [9.17, 15) is 10.2 Å². The van der Waals surface area contributed by atoms with Crippen molar-refractivity contribution in [1.82, 2.24) is 5.16 Å². The van der Waals surface area contributed by atoms with Crippen LogP contribution in [-0.4, -0.2) is 28.0 Å². The Balaban J connectivity index is 2.85. The number of hydrogen-bond donors (Lipinski definition) is 3. The maximum Gasteiger partial charge on any atom is 0.138 e. The van der Waals surface area contributed by atoms with Crippen LogP contribution in [0.2, 0.25) is 0 Å². The summed E-state index contributed by atoms with van der Waals surface area (Å²) < 4.78 is 4.94. The first-order valence-electron chi connectivity index (χ1n) is 4.55. The molecule has 0 saturated carbocycles. The van der Waals surface area contributed by atoms with Gasteiger partial charge in [-0.05, 0) is 20.4 Å². The van der Waals surface area contributed by atoms with Crippen LogP contribution >= 0.6 is 0 Å². The largest absolute Gasteiger partial charge is 0.390 e. The van der Waals surface area contributed by atoms with Gasteiger partial charge in [-0.25, -0.2) is 0 Å². The van der Waals surface area contributed by atoms with Crippen molar-refractivity contribution in [2.24, 2.45) is 5.73 Å². The lowest BCUT2D eigenvalue weighted by atomic mass is 9.96. The number of nitrogens with zero attached hydrogens (tertiary/aromatic N) is 1. The first kappa shape index (κ1) is 11.2. The standard InChI is InChI=1S/C9H16N2O3/c1-6(12)9(2,13)8-5-7(3-4-10)14-11-8/h5-6,12-13H,3-4,10H2,1-2H3. The third kappa shape index (κ3) is 2.12. The lowest BCUT2D eigenvalue weighted by molar-refractivity contribution is -0.0616. The Labute approximate surface area is 82.5 Å². The fourth-order valence-corrected chi connectivity index (χ4v) is 1.03. The smallest absolute Gasteiger partial charge is 0.138 e. The number of rotatable bonds is 4. The third-order valence-electron chi connectivity index (χ3n) is 2.28. The zero-order valence-electron chi connectivity index (χ0n) is 8.40. The number of hydrogen-bond acceptors (Lipinski definition) is 5. The molecule has 0 bridgehead atoms. The van der Waals surface area contributed by atoms with Crippen molar-refractivity contribution in [3.05, 3.63) is 17.5 Å². The van der Waals surface area contributed by atoms with E-state index in [0.717, 1.165) is 0 Å². The van der Waals surface area contributed by atoms with Gasteiger partial charge in [0, 0.05) is 12.5 Å². The summed E-state index contributed by atoms with van der Waals surface area (Å²) in [6.45, 7) is 3.45. The average molecular weight is 200 g/mol. The molecule has 0 fully saturated rings. The molecular weight excluding hydrogens is 184 g/mol. The highest BCUT2D eigenvalue weighted by molar-refractivity contribution is 5.14. The summed E-state index contributed by atoms with van der Waals surface area (Å²) in [5.74, 6) is 0.614. The molecule has 5 nitrogen and oxygen atoms in total. The molecule has 0 aliphatic carbocycles. The van der Waals surface area contributed by atoms with Crippen molar-refractivity contribution >= 4 is 0 Å². The highest BCUT2D eigenvalue weighted by Gasteiger charge is 2.32. The molecule has 0 saturated heterocycles. The molecule has 0 aromatic carbocycles. The summed E-state index contributed by atoms with van der Waals surface area (Å²) in [5, 5.41) is 22.8. The molecule has 1 aromatic heterocycles. The Kier molecular flexibility index (Phi) is 3.25. The van der Waals surface area contributed by atoms with Gasteiger partial charge < -0.3 is 20.5 Å². The summed E-state index contributed by atoms with van der Waals surface area (Å²) in [6, 6.07) is 1.61. The van der Waals surface area contributed by atoms with Crippen LogP contribution in [-0.2, 0) is 12.0 Å². The molecule has 5 heteroatoms. The molecule has 80 valence electrons. The van der Waals surface area contributed by atoms with Crippen LogP contribution in [0.4, 0.5) is 0 Å². The van der Waals surface area contributed by atoms with Gasteiger partial charge >= 0.3 is 0 Å². The quantitative estimate of drug-likeness (QED) is 0.624. The number of aliphatic hydroxyl groups is 2. The monoisotopic (exact) mass is 200 g/mol. The van der Waals surface area contributed by atoms with E-state index in [2.05, 4.69) is 5.16 Å².